The third-order valence-corrected chi connectivity index (χ3v) is 2.40. The number of hydrogen-bond acceptors (Lipinski definition) is 1. The Kier molecular flexibility index (Phi) is 4.10. The molecule has 1 heterocycles. The molecule has 1 nitrogen and oxygen atoms in total. The summed E-state index contributed by atoms with van der Waals surface area (Å²) in [6, 6.07) is 0. The first kappa shape index (κ1) is 8.63. The lowest BCUT2D eigenvalue weighted by Crippen LogP contribution is -2.18. The van der Waals surface area contributed by atoms with Gasteiger partial charge in [-0.25, -0.2) is 0 Å². The van der Waals surface area contributed by atoms with Crippen LogP contribution in [0.3, 0.4) is 0 Å². The Labute approximate surface area is 70.1 Å². The molecule has 0 N–H and O–H groups in total. The van der Waals surface area contributed by atoms with Gasteiger partial charge in [-0.3, -0.25) is 0 Å². The molecule has 0 unspecified atom stereocenters. The van der Waals surface area contributed by atoms with E-state index in [-0.39, 0.29) is 0 Å². The predicted octanol–water partition coefficient (Wildman–Crippen LogP) is 2.79. The van der Waals surface area contributed by atoms with E-state index in [9.17, 15) is 0 Å². The number of hydrogen-bond donors (Lipinski definition) is 0. The van der Waals surface area contributed by atoms with Crippen LogP contribution in [-0.2, 0) is 0 Å². The van der Waals surface area contributed by atoms with Crippen molar-refractivity contribution in [2.45, 2.75) is 38.5 Å². The molecule has 0 aromatic rings. The van der Waals surface area contributed by atoms with E-state index in [4.69, 9.17) is 0 Å². The summed E-state index contributed by atoms with van der Waals surface area (Å²) >= 11 is 0. The van der Waals surface area contributed by atoms with Crippen molar-refractivity contribution < 1.29 is 0 Å². The van der Waals surface area contributed by atoms with Crippen molar-refractivity contribution in [2.75, 3.05) is 13.1 Å². The Hall–Kier alpha value is -0.460. The fourth-order valence-electron chi connectivity index (χ4n) is 1.63. The van der Waals surface area contributed by atoms with E-state index in [2.05, 4.69) is 11.5 Å². The fraction of sp³-hybridized carbons (Fsp3) is 0.800. The van der Waals surface area contributed by atoms with E-state index in [1.165, 1.54) is 51.6 Å². The van der Waals surface area contributed by atoms with Gasteiger partial charge < -0.3 is 4.90 Å². The van der Waals surface area contributed by atoms with Gasteiger partial charge in [-0.05, 0) is 19.0 Å². The maximum absolute atomic E-state index is 3.81. The zero-order chi connectivity index (χ0) is 7.94. The van der Waals surface area contributed by atoms with Crippen LogP contribution < -0.4 is 0 Å². The first-order valence-electron chi connectivity index (χ1n) is 4.80. The minimum absolute atomic E-state index is 1.23. The van der Waals surface area contributed by atoms with Crippen molar-refractivity contribution in [3.63, 3.8) is 0 Å². The van der Waals surface area contributed by atoms with Gasteiger partial charge in [0.05, 0.1) is 0 Å². The Morgan fingerprint density at radius 1 is 0.818 bits per heavy atom. The first-order valence-corrected chi connectivity index (χ1v) is 4.80. The predicted molar refractivity (Wildman–Crippen MR) is 49.5 cm³/mol. The Balaban J connectivity index is 2.24. The van der Waals surface area contributed by atoms with E-state index in [0.29, 0.717) is 0 Å². The quantitative estimate of drug-likeness (QED) is 0.560. The number of nitrogens with zero attached hydrogens (tertiary/aromatic N) is 1. The molecule has 1 aliphatic rings. The third-order valence-electron chi connectivity index (χ3n) is 2.40. The van der Waals surface area contributed by atoms with Gasteiger partial charge in [0.1, 0.15) is 0 Å². The Morgan fingerprint density at radius 3 is 1.73 bits per heavy atom. The largest absolute Gasteiger partial charge is 0.378 e. The van der Waals surface area contributed by atoms with Gasteiger partial charge in [0.15, 0.2) is 0 Å². The molecule has 1 fully saturated rings. The second kappa shape index (κ2) is 5.22. The van der Waals surface area contributed by atoms with Gasteiger partial charge in [-0.15, -0.1) is 0 Å². The van der Waals surface area contributed by atoms with Crippen LogP contribution in [0.15, 0.2) is 12.8 Å². The lowest BCUT2D eigenvalue weighted by molar-refractivity contribution is 0.367. The first-order chi connectivity index (χ1) is 5.43. The average Bonchev–Trinajstić information content (AvgIpc) is 2.16. The smallest absolute Gasteiger partial charge is 0.0172 e. The molecule has 1 heteroatoms. The summed E-state index contributed by atoms with van der Waals surface area (Å²) in [6.45, 7) is 6.26. The van der Waals surface area contributed by atoms with Crippen molar-refractivity contribution in [3.8, 4) is 0 Å². The zero-order valence-corrected chi connectivity index (χ0v) is 7.39. The summed E-state index contributed by atoms with van der Waals surface area (Å²) < 4.78 is 0. The van der Waals surface area contributed by atoms with Gasteiger partial charge in [-0.2, -0.15) is 0 Å². The third kappa shape index (κ3) is 3.45. The Bertz CT molecular complexity index is 99.4. The molecule has 0 saturated carbocycles. The van der Waals surface area contributed by atoms with Crippen LogP contribution in [0.25, 0.3) is 0 Å². The molecule has 0 amide bonds. The van der Waals surface area contributed by atoms with Gasteiger partial charge in [-0.1, -0.05) is 32.3 Å². The molecular formula is C10H19N. The van der Waals surface area contributed by atoms with Crippen LogP contribution in [-0.4, -0.2) is 18.0 Å². The SMILES string of the molecule is C=CN1CCCCCCCC1. The van der Waals surface area contributed by atoms with E-state index in [1.807, 2.05) is 6.20 Å². The molecule has 1 saturated heterocycles. The molecule has 11 heavy (non-hydrogen) atoms. The highest BCUT2D eigenvalue weighted by atomic mass is 15.1. The molecule has 0 spiro atoms. The van der Waals surface area contributed by atoms with Crippen LogP contribution in [0, 0.1) is 0 Å². The average molecular weight is 153 g/mol. The van der Waals surface area contributed by atoms with Gasteiger partial charge in [0, 0.05) is 13.1 Å². The van der Waals surface area contributed by atoms with E-state index < -0.39 is 0 Å². The molecule has 0 bridgehead atoms. The molecule has 1 aliphatic heterocycles. The molecule has 0 aliphatic carbocycles. The van der Waals surface area contributed by atoms with Crippen LogP contribution in [0.4, 0.5) is 0 Å². The van der Waals surface area contributed by atoms with Crippen LogP contribution in [0.5, 0.6) is 0 Å². The van der Waals surface area contributed by atoms with Crippen molar-refractivity contribution in [1.29, 1.82) is 0 Å². The standard InChI is InChI=1S/C10H19N/c1-2-11-9-7-5-3-4-6-8-10-11/h2H,1,3-10H2. The second-order valence-corrected chi connectivity index (χ2v) is 3.34. The van der Waals surface area contributed by atoms with Crippen molar-refractivity contribution in [3.05, 3.63) is 12.8 Å². The van der Waals surface area contributed by atoms with E-state index in [1.54, 1.807) is 0 Å². The zero-order valence-electron chi connectivity index (χ0n) is 7.39. The normalized spacial score (nSPS) is 21.6. The topological polar surface area (TPSA) is 3.24 Å². The lowest BCUT2D eigenvalue weighted by atomic mass is 10.1. The summed E-state index contributed by atoms with van der Waals surface area (Å²) in [4.78, 5) is 2.35. The van der Waals surface area contributed by atoms with Crippen LogP contribution in [0.1, 0.15) is 38.5 Å². The van der Waals surface area contributed by atoms with Crippen molar-refractivity contribution >= 4 is 0 Å². The van der Waals surface area contributed by atoms with E-state index in [0.717, 1.165) is 0 Å². The minimum Gasteiger partial charge on any atom is -0.378 e. The van der Waals surface area contributed by atoms with Gasteiger partial charge in [0.2, 0.25) is 0 Å². The molecule has 1 rings (SSSR count). The molecule has 0 atom stereocenters. The molecular weight excluding hydrogens is 134 g/mol. The van der Waals surface area contributed by atoms with E-state index >= 15 is 0 Å². The van der Waals surface area contributed by atoms with Crippen molar-refractivity contribution in [2.24, 2.45) is 0 Å². The maximum Gasteiger partial charge on any atom is 0.0172 e. The monoisotopic (exact) mass is 153 g/mol. The van der Waals surface area contributed by atoms with Crippen molar-refractivity contribution in [1.82, 2.24) is 4.90 Å². The van der Waals surface area contributed by atoms with Crippen LogP contribution >= 0.6 is 0 Å². The lowest BCUT2D eigenvalue weighted by Gasteiger charge is -2.18. The summed E-state index contributed by atoms with van der Waals surface area (Å²) in [7, 11) is 0. The highest BCUT2D eigenvalue weighted by molar-refractivity contribution is 4.71. The summed E-state index contributed by atoms with van der Waals surface area (Å²) in [6.07, 6.45) is 10.4. The molecule has 0 aromatic heterocycles. The summed E-state index contributed by atoms with van der Waals surface area (Å²) in [5.41, 5.74) is 0. The fourth-order valence-corrected chi connectivity index (χ4v) is 1.63. The number of rotatable bonds is 1. The minimum atomic E-state index is 1.23. The second-order valence-electron chi connectivity index (χ2n) is 3.34. The molecule has 0 radical (unpaired) electrons. The summed E-state index contributed by atoms with van der Waals surface area (Å²) in [5.74, 6) is 0. The molecule has 0 aromatic carbocycles. The molecule has 64 valence electrons. The Morgan fingerprint density at radius 2 is 1.27 bits per heavy atom. The maximum atomic E-state index is 3.81. The highest BCUT2D eigenvalue weighted by Crippen LogP contribution is 2.10. The summed E-state index contributed by atoms with van der Waals surface area (Å²) in [5, 5.41) is 0. The van der Waals surface area contributed by atoms with Crippen LogP contribution in [0.2, 0.25) is 0 Å². The van der Waals surface area contributed by atoms with Gasteiger partial charge >= 0.3 is 0 Å². The van der Waals surface area contributed by atoms with Gasteiger partial charge in [0.25, 0.3) is 0 Å². The highest BCUT2D eigenvalue weighted by Gasteiger charge is 2.01.